The Morgan fingerprint density at radius 3 is 2.38 bits per heavy atom. The second kappa shape index (κ2) is 5.67. The summed E-state index contributed by atoms with van der Waals surface area (Å²) < 4.78 is 5.52. The normalized spacial score (nSPS) is 12.0. The molecule has 4 heteroatoms. The molecule has 29 heavy (non-hydrogen) atoms. The van der Waals surface area contributed by atoms with Crippen molar-refractivity contribution in [3.63, 3.8) is 0 Å². The molecule has 0 aliphatic rings. The van der Waals surface area contributed by atoms with Gasteiger partial charge in [-0.1, -0.05) is 36.4 Å². The highest BCUT2D eigenvalue weighted by Gasteiger charge is 2.18. The number of nitrogens with zero attached hydrogens (tertiary/aromatic N) is 2. The summed E-state index contributed by atoms with van der Waals surface area (Å²) in [4.78, 5) is 3.56. The number of hydrogen-bond donors (Lipinski definition) is 1. The molecular weight excluding hydrogens is 358 g/mol. The van der Waals surface area contributed by atoms with Crippen LogP contribution in [0, 0.1) is 13.8 Å². The van der Waals surface area contributed by atoms with Crippen molar-refractivity contribution in [1.29, 1.82) is 0 Å². The SMILES string of the molecule is COc1ccc2c(c1)c1ccccc1c1c3ccc(C)c(C)c3[nH]c3nnc2c31. The maximum atomic E-state index is 5.52. The lowest BCUT2D eigenvalue weighted by Gasteiger charge is -2.09. The van der Waals surface area contributed by atoms with Crippen LogP contribution in [-0.2, 0) is 0 Å². The summed E-state index contributed by atoms with van der Waals surface area (Å²) in [6, 6.07) is 19.2. The highest BCUT2D eigenvalue weighted by molar-refractivity contribution is 6.33. The molecule has 0 fully saturated rings. The molecule has 0 amide bonds. The number of methoxy groups -OCH3 is 1. The lowest BCUT2D eigenvalue weighted by molar-refractivity contribution is 0.415. The summed E-state index contributed by atoms with van der Waals surface area (Å²) in [6.07, 6.45) is 0. The van der Waals surface area contributed by atoms with Gasteiger partial charge in [0, 0.05) is 16.2 Å². The molecule has 4 aromatic carbocycles. The predicted molar refractivity (Wildman–Crippen MR) is 120 cm³/mol. The Kier molecular flexibility index (Phi) is 3.19. The summed E-state index contributed by atoms with van der Waals surface area (Å²) in [5, 5.41) is 17.2. The van der Waals surface area contributed by atoms with Crippen molar-refractivity contribution in [2.45, 2.75) is 13.8 Å². The van der Waals surface area contributed by atoms with Gasteiger partial charge < -0.3 is 9.72 Å². The lowest BCUT2D eigenvalue weighted by Crippen LogP contribution is -1.90. The average molecular weight is 377 g/mol. The fraction of sp³-hybridized carbons (Fsp3) is 0.120. The molecule has 1 N–H and O–H groups in total. The molecular formula is C25H19N3O. The number of aryl methyl sites for hydroxylation is 2. The van der Waals surface area contributed by atoms with E-state index < -0.39 is 0 Å². The Balaban J connectivity index is 2.05. The van der Waals surface area contributed by atoms with Gasteiger partial charge in [0.2, 0.25) is 0 Å². The molecule has 0 atom stereocenters. The molecule has 0 saturated heterocycles. The van der Waals surface area contributed by atoms with Crippen LogP contribution in [0.15, 0.2) is 54.6 Å². The first-order valence-corrected chi connectivity index (χ1v) is 9.74. The first-order chi connectivity index (χ1) is 14.2. The molecule has 0 aliphatic heterocycles. The molecule has 0 radical (unpaired) electrons. The monoisotopic (exact) mass is 377 g/mol. The van der Waals surface area contributed by atoms with Gasteiger partial charge in [0.1, 0.15) is 11.3 Å². The second-order valence-electron chi connectivity index (χ2n) is 7.66. The second-order valence-corrected chi connectivity index (χ2v) is 7.66. The van der Waals surface area contributed by atoms with Crippen molar-refractivity contribution in [1.82, 2.24) is 15.2 Å². The zero-order valence-electron chi connectivity index (χ0n) is 16.5. The number of H-pyrrole nitrogens is 1. The molecule has 140 valence electrons. The van der Waals surface area contributed by atoms with E-state index in [1.54, 1.807) is 7.11 Å². The van der Waals surface area contributed by atoms with Gasteiger partial charge in [0.25, 0.3) is 0 Å². The number of pyridine rings is 1. The van der Waals surface area contributed by atoms with E-state index in [0.717, 1.165) is 38.6 Å². The number of nitrogens with one attached hydrogen (secondary N) is 1. The van der Waals surface area contributed by atoms with E-state index in [4.69, 9.17) is 4.74 Å². The Hall–Kier alpha value is -3.66. The maximum Gasteiger partial charge on any atom is 0.163 e. The van der Waals surface area contributed by atoms with Crippen molar-refractivity contribution in [3.8, 4) is 5.75 Å². The van der Waals surface area contributed by atoms with Crippen molar-refractivity contribution in [3.05, 3.63) is 65.7 Å². The van der Waals surface area contributed by atoms with Gasteiger partial charge in [-0.2, -0.15) is 0 Å². The smallest absolute Gasteiger partial charge is 0.163 e. The fourth-order valence-corrected chi connectivity index (χ4v) is 4.56. The fourth-order valence-electron chi connectivity index (χ4n) is 4.56. The van der Waals surface area contributed by atoms with Crippen LogP contribution < -0.4 is 4.74 Å². The zero-order chi connectivity index (χ0) is 19.7. The molecule has 6 rings (SSSR count). The number of aromatic amines is 1. The predicted octanol–water partition coefficient (Wildman–Crippen LogP) is 6.20. The number of aromatic nitrogens is 3. The quantitative estimate of drug-likeness (QED) is 0.371. The Bertz CT molecular complexity index is 1610. The third kappa shape index (κ3) is 2.08. The van der Waals surface area contributed by atoms with E-state index in [9.17, 15) is 0 Å². The maximum absolute atomic E-state index is 5.52. The minimum Gasteiger partial charge on any atom is -0.497 e. The Morgan fingerprint density at radius 1 is 0.759 bits per heavy atom. The van der Waals surface area contributed by atoms with E-state index >= 15 is 0 Å². The van der Waals surface area contributed by atoms with Crippen LogP contribution in [0.25, 0.3) is 54.4 Å². The number of benzene rings is 3. The van der Waals surface area contributed by atoms with Crippen LogP contribution in [-0.4, -0.2) is 22.3 Å². The third-order valence-electron chi connectivity index (χ3n) is 6.19. The van der Waals surface area contributed by atoms with Crippen molar-refractivity contribution < 1.29 is 4.74 Å². The van der Waals surface area contributed by atoms with Gasteiger partial charge in [0.05, 0.1) is 18.0 Å². The summed E-state index contributed by atoms with van der Waals surface area (Å²) in [5.41, 5.74) is 5.37. The van der Waals surface area contributed by atoms with Crippen LogP contribution in [0.5, 0.6) is 5.75 Å². The molecule has 0 bridgehead atoms. The number of ether oxygens (including phenoxy) is 1. The van der Waals surface area contributed by atoms with Crippen molar-refractivity contribution in [2.75, 3.05) is 7.11 Å². The lowest BCUT2D eigenvalue weighted by atomic mass is 9.98. The Morgan fingerprint density at radius 2 is 1.55 bits per heavy atom. The standard InChI is InChI=1S/C25H19N3O/c1-13-8-10-19-21-17-7-5-4-6-16(17)20-12-15(29-3)9-11-18(20)24-22(21)25(28-27-24)26-23(19)14(13)2/h4-12H,1-3H3,(H,26,27,28). The van der Waals surface area contributed by atoms with Crippen molar-refractivity contribution >= 4 is 54.4 Å². The van der Waals surface area contributed by atoms with E-state index in [2.05, 4.69) is 77.6 Å². The van der Waals surface area contributed by atoms with E-state index in [0.29, 0.717) is 0 Å². The van der Waals surface area contributed by atoms with Gasteiger partial charge in [0.15, 0.2) is 5.65 Å². The van der Waals surface area contributed by atoms with E-state index in [1.165, 1.54) is 32.7 Å². The van der Waals surface area contributed by atoms with Crippen LogP contribution in [0.3, 0.4) is 0 Å². The minimum absolute atomic E-state index is 0.828. The molecule has 0 saturated carbocycles. The van der Waals surface area contributed by atoms with E-state index in [-0.39, 0.29) is 0 Å². The van der Waals surface area contributed by atoms with Gasteiger partial charge in [-0.15, -0.1) is 10.2 Å². The molecule has 0 unspecified atom stereocenters. The molecule has 4 nitrogen and oxygen atoms in total. The van der Waals surface area contributed by atoms with Gasteiger partial charge >= 0.3 is 0 Å². The highest BCUT2D eigenvalue weighted by atomic mass is 16.5. The molecule has 0 spiro atoms. The number of rotatable bonds is 1. The number of hydrogen-bond acceptors (Lipinski definition) is 3. The van der Waals surface area contributed by atoms with Crippen LogP contribution in [0.2, 0.25) is 0 Å². The summed E-state index contributed by atoms with van der Waals surface area (Å²) in [5.74, 6) is 0.836. The molecule has 6 aromatic rings. The summed E-state index contributed by atoms with van der Waals surface area (Å²) >= 11 is 0. The van der Waals surface area contributed by atoms with Gasteiger partial charge in [-0.3, -0.25) is 0 Å². The van der Waals surface area contributed by atoms with Crippen LogP contribution >= 0.6 is 0 Å². The Labute approximate surface area is 167 Å². The van der Waals surface area contributed by atoms with Crippen LogP contribution in [0.1, 0.15) is 11.1 Å². The minimum atomic E-state index is 0.828. The van der Waals surface area contributed by atoms with Crippen molar-refractivity contribution in [2.24, 2.45) is 0 Å². The van der Waals surface area contributed by atoms with Crippen LogP contribution in [0.4, 0.5) is 0 Å². The highest BCUT2D eigenvalue weighted by Crippen LogP contribution is 2.40. The van der Waals surface area contributed by atoms with E-state index in [1.807, 2.05) is 6.07 Å². The third-order valence-corrected chi connectivity index (χ3v) is 6.19. The topological polar surface area (TPSA) is 50.8 Å². The largest absolute Gasteiger partial charge is 0.497 e. The van der Waals surface area contributed by atoms with Gasteiger partial charge in [-0.05, 0) is 59.3 Å². The van der Waals surface area contributed by atoms with Gasteiger partial charge in [-0.25, -0.2) is 0 Å². The molecule has 2 heterocycles. The average Bonchev–Trinajstić information content (AvgIpc) is 3.13. The first kappa shape index (κ1) is 16.3. The molecule has 2 aromatic heterocycles. The first-order valence-electron chi connectivity index (χ1n) is 9.74. The zero-order valence-corrected chi connectivity index (χ0v) is 16.5. The summed E-state index contributed by atoms with van der Waals surface area (Å²) in [6.45, 7) is 4.30. The summed E-state index contributed by atoms with van der Waals surface area (Å²) in [7, 11) is 1.70. The molecule has 0 aliphatic carbocycles. The number of fused-ring (bicyclic) bond motifs is 7.